The summed E-state index contributed by atoms with van der Waals surface area (Å²) in [4.78, 5) is 17.8. The molecule has 0 fully saturated rings. The van der Waals surface area contributed by atoms with E-state index in [4.69, 9.17) is 8.83 Å². The average molecular weight is 346 g/mol. The highest BCUT2D eigenvalue weighted by Gasteiger charge is 2.14. The summed E-state index contributed by atoms with van der Waals surface area (Å²) in [7, 11) is 1.71. The van der Waals surface area contributed by atoms with Crippen molar-refractivity contribution in [3.05, 3.63) is 60.4 Å². The molecule has 0 atom stereocenters. The van der Waals surface area contributed by atoms with Crippen molar-refractivity contribution in [1.29, 1.82) is 0 Å². The van der Waals surface area contributed by atoms with Crippen molar-refractivity contribution >= 4 is 17.7 Å². The van der Waals surface area contributed by atoms with Crippen LogP contribution in [-0.2, 0) is 11.3 Å². The van der Waals surface area contributed by atoms with E-state index in [-0.39, 0.29) is 17.5 Å². The lowest BCUT2D eigenvalue weighted by Crippen LogP contribution is -2.27. The Bertz CT molecular complexity index is 800. The number of thioether (sulfide) groups is 1. The van der Waals surface area contributed by atoms with Gasteiger partial charge in [0.2, 0.25) is 5.91 Å². The van der Waals surface area contributed by atoms with Crippen molar-refractivity contribution in [2.45, 2.75) is 11.8 Å². The third-order valence-corrected chi connectivity index (χ3v) is 4.16. The molecule has 124 valence electrons. The minimum absolute atomic E-state index is 0.0575. The Balaban J connectivity index is 1.55. The molecular formula is C17H15FN2O3S. The summed E-state index contributed by atoms with van der Waals surface area (Å²) in [6.07, 6.45) is 3.14. The Labute approximate surface area is 142 Å². The van der Waals surface area contributed by atoms with Crippen LogP contribution in [0.4, 0.5) is 4.39 Å². The van der Waals surface area contributed by atoms with Gasteiger partial charge in [0.25, 0.3) is 5.22 Å². The van der Waals surface area contributed by atoms with Crippen LogP contribution in [-0.4, -0.2) is 28.6 Å². The maximum Gasteiger partial charge on any atom is 0.256 e. The molecule has 5 nitrogen and oxygen atoms in total. The van der Waals surface area contributed by atoms with Gasteiger partial charge < -0.3 is 13.7 Å². The summed E-state index contributed by atoms with van der Waals surface area (Å²) < 4.78 is 23.7. The molecular weight excluding hydrogens is 331 g/mol. The molecule has 7 heteroatoms. The molecule has 0 spiro atoms. The van der Waals surface area contributed by atoms with Crippen molar-refractivity contribution in [3.63, 3.8) is 0 Å². The fourth-order valence-corrected chi connectivity index (χ4v) is 2.77. The van der Waals surface area contributed by atoms with E-state index in [9.17, 15) is 9.18 Å². The number of hydrogen-bond donors (Lipinski definition) is 0. The third kappa shape index (κ3) is 4.05. The zero-order chi connectivity index (χ0) is 16.9. The van der Waals surface area contributed by atoms with Gasteiger partial charge in [0.15, 0.2) is 5.76 Å². The third-order valence-electron chi connectivity index (χ3n) is 3.33. The van der Waals surface area contributed by atoms with Crippen LogP contribution < -0.4 is 0 Å². The van der Waals surface area contributed by atoms with Crippen LogP contribution in [0.2, 0.25) is 0 Å². The Kier molecular flexibility index (Phi) is 5.00. The number of rotatable bonds is 6. The van der Waals surface area contributed by atoms with E-state index in [2.05, 4.69) is 4.98 Å². The number of carbonyl (C=O) groups excluding carboxylic acids is 1. The number of furan rings is 1. The van der Waals surface area contributed by atoms with E-state index in [1.54, 1.807) is 42.6 Å². The quantitative estimate of drug-likeness (QED) is 0.635. The molecule has 0 aliphatic rings. The average Bonchev–Trinajstić information content (AvgIpc) is 3.25. The summed E-state index contributed by atoms with van der Waals surface area (Å²) in [6.45, 7) is 0.415. The van der Waals surface area contributed by atoms with Gasteiger partial charge >= 0.3 is 0 Å². The first-order valence-electron chi connectivity index (χ1n) is 7.23. The van der Waals surface area contributed by atoms with Crippen LogP contribution in [0.5, 0.6) is 0 Å². The highest BCUT2D eigenvalue weighted by atomic mass is 32.2. The van der Waals surface area contributed by atoms with Crippen molar-refractivity contribution in [2.24, 2.45) is 0 Å². The van der Waals surface area contributed by atoms with Gasteiger partial charge in [-0.2, -0.15) is 0 Å². The lowest BCUT2D eigenvalue weighted by Gasteiger charge is -2.14. The number of benzene rings is 1. The minimum Gasteiger partial charge on any atom is -0.467 e. The predicted molar refractivity (Wildman–Crippen MR) is 87.8 cm³/mol. The number of hydrogen-bond acceptors (Lipinski definition) is 5. The second-order valence-electron chi connectivity index (χ2n) is 5.12. The van der Waals surface area contributed by atoms with Crippen LogP contribution in [0.3, 0.4) is 0 Å². The molecule has 1 aromatic carbocycles. The standard InChI is InChI=1S/C17H15FN2O3S/c1-20(10-14-3-2-8-22-14)16(21)11-24-17-19-9-15(23-17)12-4-6-13(18)7-5-12/h2-9H,10-11H2,1H3. The molecule has 0 bridgehead atoms. The van der Waals surface area contributed by atoms with Gasteiger partial charge in [-0.3, -0.25) is 4.79 Å². The van der Waals surface area contributed by atoms with Crippen LogP contribution >= 0.6 is 11.8 Å². The van der Waals surface area contributed by atoms with Gasteiger partial charge in [-0.25, -0.2) is 9.37 Å². The molecule has 0 aliphatic carbocycles. The van der Waals surface area contributed by atoms with Gasteiger partial charge in [0.1, 0.15) is 11.6 Å². The Hall–Kier alpha value is -2.54. The first-order valence-corrected chi connectivity index (χ1v) is 8.21. The highest BCUT2D eigenvalue weighted by Crippen LogP contribution is 2.25. The molecule has 24 heavy (non-hydrogen) atoms. The summed E-state index contributed by atoms with van der Waals surface area (Å²) in [5, 5.41) is 0.397. The maximum atomic E-state index is 12.9. The molecule has 0 unspecified atom stereocenters. The lowest BCUT2D eigenvalue weighted by molar-refractivity contribution is -0.127. The SMILES string of the molecule is CN(Cc1ccco1)C(=O)CSc1ncc(-c2ccc(F)cc2)o1. The normalized spacial score (nSPS) is 10.8. The number of halogens is 1. The topological polar surface area (TPSA) is 59.5 Å². The summed E-state index contributed by atoms with van der Waals surface area (Å²) in [6, 6.07) is 9.56. The second kappa shape index (κ2) is 7.35. The van der Waals surface area contributed by atoms with Crippen molar-refractivity contribution in [2.75, 3.05) is 12.8 Å². The van der Waals surface area contributed by atoms with E-state index < -0.39 is 0 Å². The Morgan fingerprint density at radius 2 is 2.08 bits per heavy atom. The van der Waals surface area contributed by atoms with Crippen molar-refractivity contribution < 1.29 is 18.0 Å². The molecule has 3 rings (SSSR count). The highest BCUT2D eigenvalue weighted by molar-refractivity contribution is 7.99. The number of amides is 1. The van der Waals surface area contributed by atoms with Gasteiger partial charge in [0.05, 0.1) is 24.8 Å². The molecule has 0 radical (unpaired) electrons. The lowest BCUT2D eigenvalue weighted by atomic mass is 10.2. The first-order chi connectivity index (χ1) is 11.6. The van der Waals surface area contributed by atoms with Gasteiger partial charge in [-0.05, 0) is 36.4 Å². The van der Waals surface area contributed by atoms with Gasteiger partial charge in [-0.15, -0.1) is 0 Å². The zero-order valence-corrected chi connectivity index (χ0v) is 13.8. The van der Waals surface area contributed by atoms with E-state index >= 15 is 0 Å². The van der Waals surface area contributed by atoms with Crippen LogP contribution in [0.1, 0.15) is 5.76 Å². The second-order valence-corrected chi connectivity index (χ2v) is 6.04. The minimum atomic E-state index is -0.307. The van der Waals surface area contributed by atoms with Gasteiger partial charge in [0, 0.05) is 12.6 Å². The van der Waals surface area contributed by atoms with Gasteiger partial charge in [-0.1, -0.05) is 11.8 Å². The van der Waals surface area contributed by atoms with E-state index in [1.165, 1.54) is 23.9 Å². The van der Waals surface area contributed by atoms with Crippen molar-refractivity contribution in [3.8, 4) is 11.3 Å². The molecule has 2 aromatic heterocycles. The first kappa shape index (κ1) is 16.3. The molecule has 3 aromatic rings. The Morgan fingerprint density at radius 3 is 2.79 bits per heavy atom. The van der Waals surface area contributed by atoms with Crippen molar-refractivity contribution in [1.82, 2.24) is 9.88 Å². The maximum absolute atomic E-state index is 12.9. The molecule has 0 N–H and O–H groups in total. The molecule has 1 amide bonds. The summed E-state index contributed by atoms with van der Waals surface area (Å²) in [5.41, 5.74) is 0.733. The molecule has 0 saturated carbocycles. The smallest absolute Gasteiger partial charge is 0.256 e. The van der Waals surface area contributed by atoms with E-state index in [0.29, 0.717) is 17.5 Å². The molecule has 0 saturated heterocycles. The fraction of sp³-hybridized carbons (Fsp3) is 0.176. The van der Waals surface area contributed by atoms with Crippen LogP contribution in [0, 0.1) is 5.82 Å². The molecule has 2 heterocycles. The van der Waals surface area contributed by atoms with Crippen LogP contribution in [0.15, 0.2) is 62.9 Å². The Morgan fingerprint density at radius 1 is 1.29 bits per heavy atom. The number of aromatic nitrogens is 1. The molecule has 0 aliphatic heterocycles. The number of nitrogens with zero attached hydrogens (tertiary/aromatic N) is 2. The monoisotopic (exact) mass is 346 g/mol. The summed E-state index contributed by atoms with van der Waals surface area (Å²) in [5.74, 6) is 1.11. The number of carbonyl (C=O) groups is 1. The zero-order valence-electron chi connectivity index (χ0n) is 12.9. The van der Waals surface area contributed by atoms with E-state index in [1.807, 2.05) is 6.07 Å². The summed E-state index contributed by atoms with van der Waals surface area (Å²) >= 11 is 1.21. The predicted octanol–water partition coefficient (Wildman–Crippen LogP) is 3.82. The van der Waals surface area contributed by atoms with E-state index in [0.717, 1.165) is 11.3 Å². The largest absolute Gasteiger partial charge is 0.467 e. The van der Waals surface area contributed by atoms with Crippen LogP contribution in [0.25, 0.3) is 11.3 Å². The number of oxazole rings is 1. The fourth-order valence-electron chi connectivity index (χ4n) is 2.03.